The van der Waals surface area contributed by atoms with Gasteiger partial charge in [0.2, 0.25) is 0 Å². The second kappa shape index (κ2) is 5.66. The maximum atomic E-state index is 13.0. The first-order valence-corrected chi connectivity index (χ1v) is 8.37. The SMILES string of the molecule is CCOP(=O)(OCC)c1cn2c(c1C(C)C)C=CC2. The van der Waals surface area contributed by atoms with Crippen LogP contribution in [0, 0.1) is 0 Å². The second-order valence-electron chi connectivity index (χ2n) is 4.86. The Kier molecular flexibility index (Phi) is 4.34. The number of nitrogens with zero attached hydrogens (tertiary/aromatic N) is 1. The van der Waals surface area contributed by atoms with E-state index in [1.165, 1.54) is 0 Å². The molecule has 1 aromatic rings. The topological polar surface area (TPSA) is 40.5 Å². The highest BCUT2D eigenvalue weighted by Gasteiger charge is 2.34. The van der Waals surface area contributed by atoms with Gasteiger partial charge in [-0.15, -0.1) is 0 Å². The molecule has 0 atom stereocenters. The Morgan fingerprint density at radius 3 is 2.47 bits per heavy atom. The Balaban J connectivity index is 2.54. The molecule has 0 amide bonds. The normalized spacial score (nSPS) is 14.4. The van der Waals surface area contributed by atoms with E-state index in [4.69, 9.17) is 9.05 Å². The van der Waals surface area contributed by atoms with Crippen LogP contribution >= 0.6 is 7.60 Å². The Hall–Kier alpha value is -0.830. The van der Waals surface area contributed by atoms with Crippen LogP contribution in [0.2, 0.25) is 0 Å². The predicted molar refractivity (Wildman–Crippen MR) is 78.0 cm³/mol. The van der Waals surface area contributed by atoms with Crippen molar-refractivity contribution in [2.24, 2.45) is 0 Å². The zero-order valence-electron chi connectivity index (χ0n) is 12.0. The van der Waals surface area contributed by atoms with Gasteiger partial charge in [-0.05, 0) is 31.4 Å². The van der Waals surface area contributed by atoms with Crippen LogP contribution in [0.3, 0.4) is 0 Å². The summed E-state index contributed by atoms with van der Waals surface area (Å²) in [6.07, 6.45) is 6.12. The minimum Gasteiger partial charge on any atom is -0.343 e. The fraction of sp³-hybridized carbons (Fsp3) is 0.571. The summed E-state index contributed by atoms with van der Waals surface area (Å²) in [6, 6.07) is 0. The van der Waals surface area contributed by atoms with Gasteiger partial charge in [-0.25, -0.2) is 0 Å². The van der Waals surface area contributed by atoms with E-state index in [2.05, 4.69) is 30.6 Å². The summed E-state index contributed by atoms with van der Waals surface area (Å²) >= 11 is 0. The quantitative estimate of drug-likeness (QED) is 0.750. The molecule has 2 heterocycles. The molecule has 1 aromatic heterocycles. The summed E-state index contributed by atoms with van der Waals surface area (Å²) in [5.41, 5.74) is 2.21. The highest BCUT2D eigenvalue weighted by Crippen LogP contribution is 2.49. The average Bonchev–Trinajstić information content (AvgIpc) is 2.87. The van der Waals surface area contributed by atoms with Gasteiger partial charge < -0.3 is 13.6 Å². The highest BCUT2D eigenvalue weighted by molar-refractivity contribution is 7.62. The van der Waals surface area contributed by atoms with Crippen molar-refractivity contribution >= 4 is 19.0 Å². The van der Waals surface area contributed by atoms with Crippen LogP contribution in [-0.2, 0) is 20.2 Å². The summed E-state index contributed by atoms with van der Waals surface area (Å²) in [5, 5.41) is 0.727. The molecule has 0 aliphatic carbocycles. The summed E-state index contributed by atoms with van der Waals surface area (Å²) in [4.78, 5) is 0. The molecular weight excluding hydrogens is 261 g/mol. The van der Waals surface area contributed by atoms with E-state index in [9.17, 15) is 4.57 Å². The lowest BCUT2D eigenvalue weighted by molar-refractivity contribution is 0.229. The first kappa shape index (κ1) is 14.6. The molecule has 1 aliphatic rings. The van der Waals surface area contributed by atoms with Crippen molar-refractivity contribution in [1.82, 2.24) is 4.57 Å². The third-order valence-corrected chi connectivity index (χ3v) is 5.33. The van der Waals surface area contributed by atoms with E-state index in [1.54, 1.807) is 0 Å². The fourth-order valence-corrected chi connectivity index (χ4v) is 4.49. The summed E-state index contributed by atoms with van der Waals surface area (Å²) in [5.74, 6) is 0.281. The van der Waals surface area contributed by atoms with Crippen molar-refractivity contribution in [1.29, 1.82) is 0 Å². The number of allylic oxidation sites excluding steroid dienone is 1. The summed E-state index contributed by atoms with van der Waals surface area (Å²) in [7, 11) is -3.20. The Morgan fingerprint density at radius 1 is 1.32 bits per heavy atom. The van der Waals surface area contributed by atoms with Crippen LogP contribution in [0.25, 0.3) is 6.08 Å². The maximum absolute atomic E-state index is 13.0. The zero-order valence-corrected chi connectivity index (χ0v) is 12.9. The predicted octanol–water partition coefficient (Wildman–Crippen LogP) is 3.53. The molecule has 0 unspecified atom stereocenters. The molecular formula is C14H22NO3P. The Bertz CT molecular complexity index is 521. The molecule has 1 aliphatic heterocycles. The molecule has 2 rings (SSSR count). The van der Waals surface area contributed by atoms with Gasteiger partial charge in [0.05, 0.1) is 18.5 Å². The molecule has 0 aromatic carbocycles. The first-order chi connectivity index (χ1) is 9.03. The molecule has 5 heteroatoms. The van der Waals surface area contributed by atoms with Gasteiger partial charge >= 0.3 is 7.60 Å². The molecule has 0 radical (unpaired) electrons. The van der Waals surface area contributed by atoms with Gasteiger partial charge in [-0.1, -0.05) is 19.9 Å². The van der Waals surface area contributed by atoms with Gasteiger partial charge in [0.1, 0.15) is 0 Å². The first-order valence-electron chi connectivity index (χ1n) is 6.82. The van der Waals surface area contributed by atoms with Crippen LogP contribution in [0.1, 0.15) is 44.9 Å². The van der Waals surface area contributed by atoms with E-state index >= 15 is 0 Å². The number of aromatic nitrogens is 1. The van der Waals surface area contributed by atoms with Crippen molar-refractivity contribution in [3.05, 3.63) is 23.5 Å². The number of hydrogen-bond donors (Lipinski definition) is 0. The number of fused-ring (bicyclic) bond motifs is 1. The smallest absolute Gasteiger partial charge is 0.343 e. The van der Waals surface area contributed by atoms with Crippen molar-refractivity contribution in [2.75, 3.05) is 13.2 Å². The van der Waals surface area contributed by atoms with Crippen LogP contribution in [0.4, 0.5) is 0 Å². The minimum absolute atomic E-state index is 0.281. The van der Waals surface area contributed by atoms with Gasteiger partial charge in [0.15, 0.2) is 0 Å². The van der Waals surface area contributed by atoms with E-state index in [0.29, 0.717) is 13.2 Å². The van der Waals surface area contributed by atoms with E-state index in [1.807, 2.05) is 20.0 Å². The lowest BCUT2D eigenvalue weighted by Crippen LogP contribution is -2.14. The van der Waals surface area contributed by atoms with Gasteiger partial charge in [-0.2, -0.15) is 0 Å². The Labute approximate surface area is 114 Å². The molecule has 0 saturated carbocycles. The van der Waals surface area contributed by atoms with Gasteiger partial charge in [0.25, 0.3) is 0 Å². The van der Waals surface area contributed by atoms with Gasteiger partial charge in [0, 0.05) is 18.4 Å². The lowest BCUT2D eigenvalue weighted by atomic mass is 10.0. The molecule has 4 nitrogen and oxygen atoms in total. The third-order valence-electron chi connectivity index (χ3n) is 3.19. The van der Waals surface area contributed by atoms with Crippen molar-refractivity contribution < 1.29 is 13.6 Å². The minimum atomic E-state index is -3.20. The fourth-order valence-electron chi connectivity index (χ4n) is 2.51. The average molecular weight is 283 g/mol. The number of hydrogen-bond acceptors (Lipinski definition) is 3. The van der Waals surface area contributed by atoms with Crippen molar-refractivity contribution in [2.45, 2.75) is 40.2 Å². The molecule has 0 bridgehead atoms. The molecule has 106 valence electrons. The molecule has 0 spiro atoms. The standard InChI is InChI=1S/C14H22NO3P/c1-5-17-19(16,18-6-2)13-10-15-9-7-8-12(15)14(13)11(3)4/h7-8,10-11H,5-6,9H2,1-4H3. The summed E-state index contributed by atoms with van der Waals surface area (Å²) < 4.78 is 26.0. The molecule has 0 fully saturated rings. The lowest BCUT2D eigenvalue weighted by Gasteiger charge is -2.19. The maximum Gasteiger partial charge on any atom is 0.363 e. The van der Waals surface area contributed by atoms with Crippen LogP contribution < -0.4 is 5.30 Å². The molecule has 0 saturated heterocycles. The third kappa shape index (κ3) is 2.58. The van der Waals surface area contributed by atoms with Crippen molar-refractivity contribution in [3.63, 3.8) is 0 Å². The zero-order chi connectivity index (χ0) is 14.0. The summed E-state index contributed by atoms with van der Waals surface area (Å²) in [6.45, 7) is 9.47. The monoisotopic (exact) mass is 283 g/mol. The van der Waals surface area contributed by atoms with E-state index in [-0.39, 0.29) is 5.92 Å². The Morgan fingerprint density at radius 2 is 1.95 bits per heavy atom. The van der Waals surface area contributed by atoms with Gasteiger partial charge in [-0.3, -0.25) is 4.57 Å². The molecule has 19 heavy (non-hydrogen) atoms. The van der Waals surface area contributed by atoms with E-state index in [0.717, 1.165) is 23.1 Å². The van der Waals surface area contributed by atoms with Crippen molar-refractivity contribution in [3.8, 4) is 0 Å². The second-order valence-corrected chi connectivity index (χ2v) is 6.85. The van der Waals surface area contributed by atoms with Crippen LogP contribution in [0.15, 0.2) is 12.3 Å². The van der Waals surface area contributed by atoms with E-state index < -0.39 is 7.60 Å². The molecule has 0 N–H and O–H groups in total. The van der Waals surface area contributed by atoms with Crippen LogP contribution in [0.5, 0.6) is 0 Å². The number of rotatable bonds is 6. The van der Waals surface area contributed by atoms with Crippen LogP contribution in [-0.4, -0.2) is 17.8 Å². The largest absolute Gasteiger partial charge is 0.363 e. The highest BCUT2D eigenvalue weighted by atomic mass is 31.2.